The fraction of sp³-hybridized carbons (Fsp3) is 0.760. The lowest BCUT2D eigenvalue weighted by Crippen LogP contribution is -2.70. The molecule has 1 aliphatic carbocycles. The summed E-state index contributed by atoms with van der Waals surface area (Å²) in [4.78, 5) is 12.1. The minimum absolute atomic E-state index is 0.0821. The van der Waals surface area contributed by atoms with Crippen LogP contribution in [0.15, 0.2) is 30.3 Å². The quantitative estimate of drug-likeness (QED) is 0.398. The van der Waals surface area contributed by atoms with Gasteiger partial charge in [-0.1, -0.05) is 44.2 Å². The second kappa shape index (κ2) is 8.40. The predicted molar refractivity (Wildman–Crippen MR) is 113 cm³/mol. The van der Waals surface area contributed by atoms with E-state index in [1.54, 1.807) is 0 Å². The monoisotopic (exact) mass is 432 g/mol. The molecule has 31 heavy (non-hydrogen) atoms. The fourth-order valence-corrected chi connectivity index (χ4v) is 6.50. The highest BCUT2D eigenvalue weighted by Gasteiger charge is 2.69. The summed E-state index contributed by atoms with van der Waals surface area (Å²) in [6, 6.07) is 9.48. The Morgan fingerprint density at radius 2 is 1.90 bits per heavy atom. The Morgan fingerprint density at radius 3 is 2.71 bits per heavy atom. The number of rotatable bonds is 6. The third kappa shape index (κ3) is 3.75. The standard InChI is InChI=1S/C25H36O6/c1-16-11-12-20-17(2)21(10-7-15-27-22(26)18-8-5-4-6-9-18)28-23-25(20)19(16)13-14-24(3,29-23)30-31-25/h4-6,8-9,16-17,19-23,26H,7,10-15H2,1-3H3/t16-,17-,19+,20+,21-,22?,23-,24+,25-/m1/s1. The maximum absolute atomic E-state index is 10.2. The smallest absolute Gasteiger partial charge is 0.201 e. The van der Waals surface area contributed by atoms with Crippen LogP contribution < -0.4 is 0 Å². The maximum atomic E-state index is 10.2. The molecule has 1 saturated carbocycles. The zero-order valence-corrected chi connectivity index (χ0v) is 18.9. The second-order valence-electron chi connectivity index (χ2n) is 10.2. The van der Waals surface area contributed by atoms with Gasteiger partial charge in [-0.25, -0.2) is 9.78 Å². The van der Waals surface area contributed by atoms with Gasteiger partial charge < -0.3 is 19.3 Å². The average Bonchev–Trinajstić information content (AvgIpc) is 3.01. The first-order chi connectivity index (χ1) is 14.9. The van der Waals surface area contributed by atoms with Crippen LogP contribution in [-0.2, 0) is 24.0 Å². The third-order valence-electron chi connectivity index (χ3n) is 8.29. The van der Waals surface area contributed by atoms with Crippen molar-refractivity contribution < 1.29 is 29.1 Å². The van der Waals surface area contributed by atoms with E-state index in [4.69, 9.17) is 24.0 Å². The molecule has 6 nitrogen and oxygen atoms in total. The van der Waals surface area contributed by atoms with Gasteiger partial charge in [-0.3, -0.25) is 0 Å². The molecule has 1 N–H and O–H groups in total. The average molecular weight is 433 g/mol. The number of aliphatic hydroxyl groups is 1. The minimum atomic E-state index is -0.888. The van der Waals surface area contributed by atoms with E-state index in [9.17, 15) is 5.11 Å². The Hall–Kier alpha value is -1.02. The van der Waals surface area contributed by atoms with Crippen molar-refractivity contribution in [3.8, 4) is 0 Å². The number of hydrogen-bond donors (Lipinski definition) is 1. The van der Waals surface area contributed by atoms with E-state index in [1.165, 1.54) is 6.42 Å². The SMILES string of the molecule is C[C@H]1[C@@H](CCCOC(O)c2ccccc2)O[C@@H]2O[C@]3(C)CC[C@H]4[C@H](C)CC[C@@H]1[C@@]24OO3. The molecule has 9 atom stereocenters. The summed E-state index contributed by atoms with van der Waals surface area (Å²) < 4.78 is 18.7. The molecule has 2 bridgehead atoms. The largest absolute Gasteiger partial charge is 0.364 e. The van der Waals surface area contributed by atoms with Crippen LogP contribution in [0.25, 0.3) is 0 Å². The molecule has 6 rings (SSSR count). The molecule has 4 saturated heterocycles. The van der Waals surface area contributed by atoms with E-state index in [2.05, 4.69) is 13.8 Å². The molecule has 0 aromatic heterocycles. The minimum Gasteiger partial charge on any atom is -0.364 e. The van der Waals surface area contributed by atoms with Crippen LogP contribution in [-0.4, -0.2) is 35.5 Å². The molecular formula is C25H36O6. The maximum Gasteiger partial charge on any atom is 0.201 e. The highest BCUT2D eigenvalue weighted by atomic mass is 17.3. The lowest BCUT2D eigenvalue weighted by atomic mass is 9.57. The lowest BCUT2D eigenvalue weighted by Gasteiger charge is -2.60. The molecule has 1 unspecified atom stereocenters. The Morgan fingerprint density at radius 1 is 1.10 bits per heavy atom. The van der Waals surface area contributed by atoms with Crippen molar-refractivity contribution in [2.45, 2.75) is 89.4 Å². The van der Waals surface area contributed by atoms with Crippen LogP contribution in [0.1, 0.15) is 71.1 Å². The number of aliphatic hydroxyl groups excluding tert-OH is 1. The summed E-state index contributed by atoms with van der Waals surface area (Å²) in [6.07, 6.45) is 4.71. The van der Waals surface area contributed by atoms with E-state index in [1.807, 2.05) is 37.3 Å². The van der Waals surface area contributed by atoms with Crippen molar-refractivity contribution in [3.05, 3.63) is 35.9 Å². The van der Waals surface area contributed by atoms with Crippen molar-refractivity contribution in [1.29, 1.82) is 0 Å². The van der Waals surface area contributed by atoms with Gasteiger partial charge in [0.2, 0.25) is 5.79 Å². The molecule has 1 spiro atoms. The second-order valence-corrected chi connectivity index (χ2v) is 10.2. The normalized spacial score (nSPS) is 45.0. The first-order valence-electron chi connectivity index (χ1n) is 12.0. The van der Waals surface area contributed by atoms with Crippen molar-refractivity contribution >= 4 is 0 Å². The van der Waals surface area contributed by atoms with Gasteiger partial charge in [0.05, 0.1) is 12.7 Å². The molecule has 172 valence electrons. The number of hydrogen-bond acceptors (Lipinski definition) is 6. The zero-order chi connectivity index (χ0) is 21.6. The van der Waals surface area contributed by atoms with Gasteiger partial charge in [-0.15, -0.1) is 0 Å². The molecule has 0 amide bonds. The molecular weight excluding hydrogens is 396 g/mol. The van der Waals surface area contributed by atoms with Crippen molar-refractivity contribution in [2.24, 2.45) is 23.7 Å². The molecule has 0 radical (unpaired) electrons. The van der Waals surface area contributed by atoms with Crippen LogP contribution >= 0.6 is 0 Å². The van der Waals surface area contributed by atoms with E-state index in [-0.39, 0.29) is 12.4 Å². The van der Waals surface area contributed by atoms with Crippen molar-refractivity contribution in [1.82, 2.24) is 0 Å². The van der Waals surface area contributed by atoms with Crippen LogP contribution in [0.2, 0.25) is 0 Å². The van der Waals surface area contributed by atoms with Gasteiger partial charge in [0.15, 0.2) is 18.2 Å². The van der Waals surface area contributed by atoms with Gasteiger partial charge in [0, 0.05) is 17.9 Å². The van der Waals surface area contributed by atoms with Crippen LogP contribution in [0, 0.1) is 23.7 Å². The molecule has 1 aromatic rings. The molecule has 5 aliphatic rings. The number of benzene rings is 1. The summed E-state index contributed by atoms with van der Waals surface area (Å²) in [5.74, 6) is 0.946. The van der Waals surface area contributed by atoms with E-state index < -0.39 is 17.7 Å². The highest BCUT2D eigenvalue weighted by molar-refractivity contribution is 5.15. The molecule has 5 fully saturated rings. The first kappa shape index (κ1) is 21.8. The molecule has 4 aliphatic heterocycles. The zero-order valence-electron chi connectivity index (χ0n) is 18.9. The van der Waals surface area contributed by atoms with Gasteiger partial charge >= 0.3 is 0 Å². The van der Waals surface area contributed by atoms with Crippen LogP contribution in [0.4, 0.5) is 0 Å². The van der Waals surface area contributed by atoms with Crippen molar-refractivity contribution in [3.63, 3.8) is 0 Å². The van der Waals surface area contributed by atoms with Crippen molar-refractivity contribution in [2.75, 3.05) is 6.61 Å². The van der Waals surface area contributed by atoms with E-state index >= 15 is 0 Å². The highest BCUT2D eigenvalue weighted by Crippen LogP contribution is 2.60. The van der Waals surface area contributed by atoms with E-state index in [0.29, 0.717) is 30.3 Å². The Bertz CT molecular complexity index is 758. The predicted octanol–water partition coefficient (Wildman–Crippen LogP) is 4.72. The summed E-state index contributed by atoms with van der Waals surface area (Å²) in [5, 5.41) is 10.2. The third-order valence-corrected chi connectivity index (χ3v) is 8.29. The number of fused-ring (bicyclic) bond motifs is 2. The molecule has 1 aromatic carbocycles. The van der Waals surface area contributed by atoms with Crippen LogP contribution in [0.3, 0.4) is 0 Å². The fourth-order valence-electron chi connectivity index (χ4n) is 6.50. The number of ether oxygens (including phenoxy) is 3. The van der Waals surface area contributed by atoms with Gasteiger partial charge in [-0.2, -0.15) is 0 Å². The molecule has 6 heteroatoms. The summed E-state index contributed by atoms with van der Waals surface area (Å²) in [7, 11) is 0. The molecule has 4 heterocycles. The van der Waals surface area contributed by atoms with Gasteiger partial charge in [0.25, 0.3) is 0 Å². The Balaban J connectivity index is 1.25. The first-order valence-corrected chi connectivity index (χ1v) is 12.0. The van der Waals surface area contributed by atoms with Gasteiger partial charge in [0.1, 0.15) is 0 Å². The Labute approximate surface area is 185 Å². The van der Waals surface area contributed by atoms with Crippen LogP contribution in [0.5, 0.6) is 0 Å². The lowest BCUT2D eigenvalue weighted by molar-refractivity contribution is -0.571. The summed E-state index contributed by atoms with van der Waals surface area (Å²) in [5.41, 5.74) is 0.284. The van der Waals surface area contributed by atoms with Gasteiger partial charge in [-0.05, 0) is 56.8 Å². The summed E-state index contributed by atoms with van der Waals surface area (Å²) in [6.45, 7) is 7.07. The van der Waals surface area contributed by atoms with E-state index in [0.717, 1.165) is 37.7 Å². The summed E-state index contributed by atoms with van der Waals surface area (Å²) >= 11 is 0. The topological polar surface area (TPSA) is 66.4 Å². The Kier molecular flexibility index (Phi) is 5.91.